The first-order chi connectivity index (χ1) is 7.81. The van der Waals surface area contributed by atoms with Crippen molar-refractivity contribution in [2.75, 3.05) is 13.2 Å². The normalized spacial score (nSPS) is 25.4. The van der Waals surface area contributed by atoms with Gasteiger partial charge in [-0.2, -0.15) is 0 Å². The Kier molecular flexibility index (Phi) is 3.80. The fourth-order valence-corrected chi connectivity index (χ4v) is 2.10. The topological polar surface area (TPSA) is 44.5 Å². The van der Waals surface area contributed by atoms with E-state index in [1.165, 1.54) is 0 Å². The lowest BCUT2D eigenvalue weighted by Crippen LogP contribution is -2.34. The van der Waals surface area contributed by atoms with Gasteiger partial charge in [-0.3, -0.25) is 0 Å². The summed E-state index contributed by atoms with van der Waals surface area (Å²) in [5.74, 6) is 0.890. The molecule has 2 rings (SSSR count). The van der Waals surface area contributed by atoms with Crippen LogP contribution in [0.4, 0.5) is 0 Å². The molecule has 0 aromatic heterocycles. The second-order valence-electron chi connectivity index (χ2n) is 4.10. The first-order valence-electron chi connectivity index (χ1n) is 5.91. The standard InChI is InChI=1S/C13H19NO2/c1-2-15-11-6-3-5-10(9-11)13-12(14)7-4-8-16-13/h3,5-6,9,12-13H,2,4,7-8,14H2,1H3. The van der Waals surface area contributed by atoms with Crippen molar-refractivity contribution in [2.45, 2.75) is 31.9 Å². The third-order valence-electron chi connectivity index (χ3n) is 2.87. The molecule has 0 aliphatic carbocycles. The van der Waals surface area contributed by atoms with Crippen LogP contribution in [0.3, 0.4) is 0 Å². The first kappa shape index (κ1) is 11.4. The zero-order chi connectivity index (χ0) is 11.4. The largest absolute Gasteiger partial charge is 0.494 e. The lowest BCUT2D eigenvalue weighted by Gasteiger charge is -2.29. The predicted molar refractivity (Wildman–Crippen MR) is 63.5 cm³/mol. The minimum absolute atomic E-state index is 0.0224. The minimum Gasteiger partial charge on any atom is -0.494 e. The fourth-order valence-electron chi connectivity index (χ4n) is 2.10. The Morgan fingerprint density at radius 1 is 1.50 bits per heavy atom. The zero-order valence-corrected chi connectivity index (χ0v) is 9.69. The van der Waals surface area contributed by atoms with Crippen LogP contribution in [0, 0.1) is 0 Å². The molecule has 1 saturated heterocycles. The van der Waals surface area contributed by atoms with Gasteiger partial charge in [-0.25, -0.2) is 0 Å². The summed E-state index contributed by atoms with van der Waals surface area (Å²) in [6.45, 7) is 3.47. The van der Waals surface area contributed by atoms with Crippen molar-refractivity contribution in [3.05, 3.63) is 29.8 Å². The average Bonchev–Trinajstić information content (AvgIpc) is 2.30. The van der Waals surface area contributed by atoms with Gasteiger partial charge >= 0.3 is 0 Å². The Bertz CT molecular complexity index is 340. The number of hydrogen-bond donors (Lipinski definition) is 1. The smallest absolute Gasteiger partial charge is 0.119 e. The Balaban J connectivity index is 2.15. The van der Waals surface area contributed by atoms with Crippen molar-refractivity contribution in [3.8, 4) is 5.75 Å². The molecule has 1 aromatic rings. The Morgan fingerprint density at radius 2 is 2.38 bits per heavy atom. The van der Waals surface area contributed by atoms with E-state index in [0.717, 1.165) is 30.8 Å². The van der Waals surface area contributed by atoms with Crippen molar-refractivity contribution < 1.29 is 9.47 Å². The first-order valence-corrected chi connectivity index (χ1v) is 5.91. The van der Waals surface area contributed by atoms with Crippen molar-refractivity contribution >= 4 is 0 Å². The van der Waals surface area contributed by atoms with Gasteiger partial charge in [-0.1, -0.05) is 12.1 Å². The van der Waals surface area contributed by atoms with Crippen LogP contribution in [0.1, 0.15) is 31.4 Å². The van der Waals surface area contributed by atoms with Gasteiger partial charge < -0.3 is 15.2 Å². The third kappa shape index (κ3) is 2.54. The molecule has 0 radical (unpaired) electrons. The summed E-state index contributed by atoms with van der Waals surface area (Å²) >= 11 is 0. The fraction of sp³-hybridized carbons (Fsp3) is 0.538. The van der Waals surface area contributed by atoms with Crippen LogP contribution in [-0.2, 0) is 4.74 Å². The molecule has 1 heterocycles. The summed E-state index contributed by atoms with van der Waals surface area (Å²) < 4.78 is 11.2. The molecule has 0 amide bonds. The maximum atomic E-state index is 6.07. The van der Waals surface area contributed by atoms with Gasteiger partial charge in [0, 0.05) is 12.6 Å². The molecule has 0 spiro atoms. The molecule has 3 heteroatoms. The van der Waals surface area contributed by atoms with E-state index in [-0.39, 0.29) is 12.1 Å². The third-order valence-corrected chi connectivity index (χ3v) is 2.87. The van der Waals surface area contributed by atoms with Crippen LogP contribution in [0.5, 0.6) is 5.75 Å². The molecule has 1 aliphatic heterocycles. The van der Waals surface area contributed by atoms with E-state index in [1.807, 2.05) is 25.1 Å². The van der Waals surface area contributed by atoms with Crippen LogP contribution < -0.4 is 10.5 Å². The maximum Gasteiger partial charge on any atom is 0.119 e. The molecule has 2 unspecified atom stereocenters. The van der Waals surface area contributed by atoms with E-state index in [4.69, 9.17) is 15.2 Å². The summed E-state index contributed by atoms with van der Waals surface area (Å²) in [6.07, 6.45) is 2.11. The van der Waals surface area contributed by atoms with Crippen molar-refractivity contribution in [3.63, 3.8) is 0 Å². The summed E-state index contributed by atoms with van der Waals surface area (Å²) in [5.41, 5.74) is 7.19. The average molecular weight is 221 g/mol. The van der Waals surface area contributed by atoms with Gasteiger partial charge in [-0.05, 0) is 37.5 Å². The highest BCUT2D eigenvalue weighted by atomic mass is 16.5. The highest BCUT2D eigenvalue weighted by Crippen LogP contribution is 2.29. The van der Waals surface area contributed by atoms with E-state index in [0.29, 0.717) is 6.61 Å². The van der Waals surface area contributed by atoms with E-state index in [9.17, 15) is 0 Å². The monoisotopic (exact) mass is 221 g/mol. The molecular formula is C13H19NO2. The van der Waals surface area contributed by atoms with E-state index < -0.39 is 0 Å². The van der Waals surface area contributed by atoms with Gasteiger partial charge in [-0.15, -0.1) is 0 Å². The zero-order valence-electron chi connectivity index (χ0n) is 9.69. The number of rotatable bonds is 3. The second-order valence-corrected chi connectivity index (χ2v) is 4.10. The predicted octanol–water partition coefficient (Wildman–Crippen LogP) is 2.26. The van der Waals surface area contributed by atoms with Crippen molar-refractivity contribution in [1.82, 2.24) is 0 Å². The van der Waals surface area contributed by atoms with Crippen molar-refractivity contribution in [1.29, 1.82) is 0 Å². The van der Waals surface area contributed by atoms with Crippen LogP contribution >= 0.6 is 0 Å². The molecule has 16 heavy (non-hydrogen) atoms. The number of hydrogen-bond acceptors (Lipinski definition) is 3. The molecule has 3 nitrogen and oxygen atoms in total. The lowest BCUT2D eigenvalue weighted by molar-refractivity contribution is 0.0000261. The highest BCUT2D eigenvalue weighted by molar-refractivity contribution is 5.30. The maximum absolute atomic E-state index is 6.07. The van der Waals surface area contributed by atoms with E-state index >= 15 is 0 Å². The quantitative estimate of drug-likeness (QED) is 0.851. The van der Waals surface area contributed by atoms with Gasteiger partial charge in [0.05, 0.1) is 12.7 Å². The summed E-state index contributed by atoms with van der Waals surface area (Å²) in [6, 6.07) is 8.13. The molecule has 2 atom stereocenters. The minimum atomic E-state index is 0.0224. The lowest BCUT2D eigenvalue weighted by atomic mass is 9.97. The second kappa shape index (κ2) is 5.32. The highest BCUT2D eigenvalue weighted by Gasteiger charge is 2.24. The van der Waals surface area contributed by atoms with Gasteiger partial charge in [0.1, 0.15) is 5.75 Å². The Labute approximate surface area is 96.5 Å². The molecule has 1 aliphatic rings. The summed E-state index contributed by atoms with van der Waals surface area (Å²) in [7, 11) is 0. The summed E-state index contributed by atoms with van der Waals surface area (Å²) in [5, 5.41) is 0. The molecule has 1 fully saturated rings. The Hall–Kier alpha value is -1.06. The number of ether oxygens (including phenoxy) is 2. The van der Waals surface area contributed by atoms with Crippen molar-refractivity contribution in [2.24, 2.45) is 5.73 Å². The molecule has 88 valence electrons. The van der Waals surface area contributed by atoms with Gasteiger partial charge in [0.15, 0.2) is 0 Å². The van der Waals surface area contributed by atoms with Crippen LogP contribution in [0.2, 0.25) is 0 Å². The SMILES string of the molecule is CCOc1cccc(C2OCCCC2N)c1. The van der Waals surface area contributed by atoms with Gasteiger partial charge in [0.25, 0.3) is 0 Å². The Morgan fingerprint density at radius 3 is 3.12 bits per heavy atom. The van der Waals surface area contributed by atoms with E-state index in [2.05, 4.69) is 6.07 Å². The molecule has 1 aromatic carbocycles. The molecular weight excluding hydrogens is 202 g/mol. The van der Waals surface area contributed by atoms with Gasteiger partial charge in [0.2, 0.25) is 0 Å². The molecule has 0 saturated carbocycles. The van der Waals surface area contributed by atoms with Crippen LogP contribution in [0.25, 0.3) is 0 Å². The molecule has 2 N–H and O–H groups in total. The van der Waals surface area contributed by atoms with Crippen LogP contribution in [0.15, 0.2) is 24.3 Å². The number of nitrogens with two attached hydrogens (primary N) is 1. The van der Waals surface area contributed by atoms with E-state index in [1.54, 1.807) is 0 Å². The molecule has 0 bridgehead atoms. The summed E-state index contributed by atoms with van der Waals surface area (Å²) in [4.78, 5) is 0. The van der Waals surface area contributed by atoms with Crippen LogP contribution in [-0.4, -0.2) is 19.3 Å². The number of benzene rings is 1.